The maximum Gasteiger partial charge on any atom is 0.387 e. The fourth-order valence-corrected chi connectivity index (χ4v) is 2.06. The Bertz CT molecular complexity index is 842. The van der Waals surface area contributed by atoms with Crippen LogP contribution in [0.25, 0.3) is 11.3 Å². The third-order valence-electron chi connectivity index (χ3n) is 3.15. The molecule has 2 heterocycles. The highest BCUT2D eigenvalue weighted by molar-refractivity contribution is 6.02. The second-order valence-corrected chi connectivity index (χ2v) is 4.90. The van der Waals surface area contributed by atoms with Gasteiger partial charge in [0.2, 0.25) is 0 Å². The number of alkyl halides is 2. The van der Waals surface area contributed by atoms with Gasteiger partial charge in [0.1, 0.15) is 11.4 Å². The Hall–Kier alpha value is -3.23. The van der Waals surface area contributed by atoms with Gasteiger partial charge in [-0.3, -0.25) is 14.6 Å². The van der Waals surface area contributed by atoms with Crippen LogP contribution in [-0.4, -0.2) is 32.5 Å². The van der Waals surface area contributed by atoms with Gasteiger partial charge in [-0.05, 0) is 30.3 Å². The molecule has 7 nitrogen and oxygen atoms in total. The number of nitrogens with zero attached hydrogens (tertiary/aromatic N) is 3. The highest BCUT2D eigenvalue weighted by atomic mass is 19.3. The van der Waals surface area contributed by atoms with Crippen molar-refractivity contribution in [1.29, 1.82) is 0 Å². The number of ether oxygens (including phenoxy) is 1. The molecule has 2 aromatic heterocycles. The topological polar surface area (TPSA) is 84.8 Å². The first-order valence-electron chi connectivity index (χ1n) is 6.93. The summed E-state index contributed by atoms with van der Waals surface area (Å²) < 4.78 is 30.1. The minimum absolute atomic E-state index is 0.0532. The third-order valence-corrected chi connectivity index (χ3v) is 3.15. The molecule has 0 spiro atoms. The first-order valence-corrected chi connectivity index (χ1v) is 6.93. The van der Waals surface area contributed by atoms with Gasteiger partial charge in [-0.1, -0.05) is 0 Å². The van der Waals surface area contributed by atoms with E-state index in [2.05, 4.69) is 25.3 Å². The van der Waals surface area contributed by atoms with Crippen LogP contribution in [0.4, 0.5) is 14.6 Å². The number of nitrogens with one attached hydrogen (secondary N) is 2. The second-order valence-electron chi connectivity index (χ2n) is 4.90. The number of benzene rings is 1. The summed E-state index contributed by atoms with van der Waals surface area (Å²) in [6, 6.07) is 9.19. The van der Waals surface area contributed by atoms with Gasteiger partial charge >= 0.3 is 6.61 Å². The zero-order chi connectivity index (χ0) is 17.1. The van der Waals surface area contributed by atoms with Crippen LogP contribution in [0, 0.1) is 0 Å². The number of hydrogen-bond donors (Lipinski definition) is 2. The number of hydrogen-bond acceptors (Lipinski definition) is 4. The minimum atomic E-state index is -2.87. The average Bonchev–Trinajstić information content (AvgIpc) is 3.17. The molecule has 0 fully saturated rings. The number of anilines is 1. The van der Waals surface area contributed by atoms with Crippen molar-refractivity contribution in [1.82, 2.24) is 20.0 Å². The highest BCUT2D eigenvalue weighted by Crippen LogP contribution is 2.22. The number of halogens is 2. The van der Waals surface area contributed by atoms with Crippen molar-refractivity contribution in [2.75, 3.05) is 5.32 Å². The maximum atomic E-state index is 12.1. The number of carbonyl (C=O) groups is 1. The molecule has 3 aromatic rings. The average molecular weight is 333 g/mol. The van der Waals surface area contributed by atoms with Crippen molar-refractivity contribution in [2.45, 2.75) is 6.61 Å². The molecule has 2 N–H and O–H groups in total. The van der Waals surface area contributed by atoms with E-state index >= 15 is 0 Å². The van der Waals surface area contributed by atoms with Crippen LogP contribution in [-0.2, 0) is 7.05 Å². The van der Waals surface area contributed by atoms with Crippen molar-refractivity contribution >= 4 is 11.7 Å². The lowest BCUT2D eigenvalue weighted by Gasteiger charge is -2.04. The molecule has 1 amide bonds. The van der Waals surface area contributed by atoms with Crippen molar-refractivity contribution in [3.05, 3.63) is 48.3 Å². The molecule has 124 valence electrons. The van der Waals surface area contributed by atoms with Crippen LogP contribution >= 0.6 is 0 Å². The largest absolute Gasteiger partial charge is 0.435 e. The highest BCUT2D eigenvalue weighted by Gasteiger charge is 2.13. The van der Waals surface area contributed by atoms with Gasteiger partial charge in [0.25, 0.3) is 5.91 Å². The molecule has 0 aliphatic rings. The van der Waals surface area contributed by atoms with Crippen LogP contribution in [0.15, 0.2) is 42.6 Å². The molecule has 0 unspecified atom stereocenters. The monoisotopic (exact) mass is 333 g/mol. The molecule has 0 radical (unpaired) electrons. The van der Waals surface area contributed by atoms with E-state index < -0.39 is 6.61 Å². The molecule has 9 heteroatoms. The number of aryl methyl sites for hydroxylation is 1. The summed E-state index contributed by atoms with van der Waals surface area (Å²) in [6.45, 7) is -2.87. The first-order chi connectivity index (χ1) is 11.5. The Morgan fingerprint density at radius 1 is 1.29 bits per heavy atom. The van der Waals surface area contributed by atoms with Crippen LogP contribution in [0.3, 0.4) is 0 Å². The van der Waals surface area contributed by atoms with E-state index in [1.165, 1.54) is 12.1 Å². The number of rotatable bonds is 5. The molecule has 0 aliphatic heterocycles. The quantitative estimate of drug-likeness (QED) is 0.752. The van der Waals surface area contributed by atoms with E-state index in [4.69, 9.17) is 0 Å². The standard InChI is InChI=1S/C15H13F2N5O2/c1-22-7-6-13(21-22)18-14(23)12-8-11(19-20-12)9-2-4-10(5-3-9)24-15(16)17/h2-8,15H,1H3,(H,19,20)(H,18,21,23). The molecule has 3 rings (SSSR count). The van der Waals surface area contributed by atoms with E-state index in [-0.39, 0.29) is 17.4 Å². The Balaban J connectivity index is 1.71. The Kier molecular flexibility index (Phi) is 4.23. The SMILES string of the molecule is Cn1ccc(NC(=O)c2cc(-c3ccc(OC(F)F)cc3)n[nH]2)n1. The molecule has 0 bridgehead atoms. The Morgan fingerprint density at radius 3 is 2.67 bits per heavy atom. The van der Waals surface area contributed by atoms with E-state index in [1.807, 2.05) is 0 Å². The van der Waals surface area contributed by atoms with Crippen LogP contribution < -0.4 is 10.1 Å². The first kappa shape index (κ1) is 15.7. The second kappa shape index (κ2) is 6.49. The summed E-state index contributed by atoms with van der Waals surface area (Å²) in [6.07, 6.45) is 1.71. The van der Waals surface area contributed by atoms with Gasteiger partial charge in [0.15, 0.2) is 5.82 Å². The normalized spacial score (nSPS) is 10.8. The Morgan fingerprint density at radius 2 is 2.04 bits per heavy atom. The number of amides is 1. The predicted octanol–water partition coefficient (Wildman–Crippen LogP) is 2.66. The molecule has 0 saturated heterocycles. The summed E-state index contributed by atoms with van der Waals surface area (Å²) in [5.74, 6) is 0.0923. The molecule has 0 saturated carbocycles. The fraction of sp³-hybridized carbons (Fsp3) is 0.133. The van der Waals surface area contributed by atoms with Crippen LogP contribution in [0.2, 0.25) is 0 Å². The number of carbonyl (C=O) groups excluding carboxylic acids is 1. The van der Waals surface area contributed by atoms with E-state index in [0.717, 1.165) is 0 Å². The lowest BCUT2D eigenvalue weighted by atomic mass is 10.1. The number of H-pyrrole nitrogens is 1. The Labute approximate surface area is 135 Å². The summed E-state index contributed by atoms with van der Waals surface area (Å²) in [4.78, 5) is 12.1. The fourth-order valence-electron chi connectivity index (χ4n) is 2.06. The van der Waals surface area contributed by atoms with Crippen LogP contribution in [0.1, 0.15) is 10.5 Å². The van der Waals surface area contributed by atoms with Gasteiger partial charge in [-0.2, -0.15) is 19.0 Å². The minimum Gasteiger partial charge on any atom is -0.435 e. The molecular formula is C15H13F2N5O2. The van der Waals surface area contributed by atoms with Crippen LogP contribution in [0.5, 0.6) is 5.75 Å². The molecule has 1 aromatic carbocycles. The van der Waals surface area contributed by atoms with Gasteiger partial charge in [-0.15, -0.1) is 0 Å². The zero-order valence-electron chi connectivity index (χ0n) is 12.5. The third kappa shape index (κ3) is 3.57. The van der Waals surface area contributed by atoms with E-state index in [1.54, 1.807) is 42.2 Å². The summed E-state index contributed by atoms with van der Waals surface area (Å²) >= 11 is 0. The smallest absolute Gasteiger partial charge is 0.387 e. The summed E-state index contributed by atoms with van der Waals surface area (Å²) in [5, 5.41) is 13.4. The van der Waals surface area contributed by atoms with Crippen molar-refractivity contribution in [3.8, 4) is 17.0 Å². The number of aromatic amines is 1. The van der Waals surface area contributed by atoms with Gasteiger partial charge in [0, 0.05) is 24.9 Å². The predicted molar refractivity (Wildman–Crippen MR) is 81.8 cm³/mol. The molecule has 24 heavy (non-hydrogen) atoms. The molecular weight excluding hydrogens is 320 g/mol. The lowest BCUT2D eigenvalue weighted by Crippen LogP contribution is -2.12. The van der Waals surface area contributed by atoms with Crippen molar-refractivity contribution in [2.24, 2.45) is 7.05 Å². The lowest BCUT2D eigenvalue weighted by molar-refractivity contribution is -0.0498. The van der Waals surface area contributed by atoms with Gasteiger partial charge < -0.3 is 10.1 Å². The van der Waals surface area contributed by atoms with E-state index in [0.29, 0.717) is 17.1 Å². The zero-order valence-corrected chi connectivity index (χ0v) is 12.5. The summed E-state index contributed by atoms with van der Waals surface area (Å²) in [7, 11) is 1.74. The number of aromatic nitrogens is 4. The molecule has 0 aliphatic carbocycles. The van der Waals surface area contributed by atoms with Crippen molar-refractivity contribution < 1.29 is 18.3 Å². The van der Waals surface area contributed by atoms with Gasteiger partial charge in [-0.25, -0.2) is 0 Å². The molecule has 0 atom stereocenters. The summed E-state index contributed by atoms with van der Waals surface area (Å²) in [5.41, 5.74) is 1.41. The van der Waals surface area contributed by atoms with Gasteiger partial charge in [0.05, 0.1) is 5.69 Å². The van der Waals surface area contributed by atoms with Crippen molar-refractivity contribution in [3.63, 3.8) is 0 Å². The van der Waals surface area contributed by atoms with E-state index in [9.17, 15) is 13.6 Å². The maximum absolute atomic E-state index is 12.1.